The highest BCUT2D eigenvalue weighted by Crippen LogP contribution is 2.28. The molecule has 27 heavy (non-hydrogen) atoms. The van der Waals surface area contributed by atoms with Crippen LogP contribution in [-0.4, -0.2) is 46.7 Å². The third-order valence-electron chi connectivity index (χ3n) is 3.77. The van der Waals surface area contributed by atoms with Crippen LogP contribution in [0.25, 0.3) is 5.57 Å². The molecule has 1 aromatic rings. The van der Waals surface area contributed by atoms with E-state index in [0.29, 0.717) is 0 Å². The molecule has 1 rings (SSSR count). The van der Waals surface area contributed by atoms with E-state index in [-0.39, 0.29) is 0 Å². The van der Waals surface area contributed by atoms with E-state index < -0.39 is 0 Å². The first-order chi connectivity index (χ1) is 13.0. The summed E-state index contributed by atoms with van der Waals surface area (Å²) in [6.07, 6.45) is 6.04. The number of hydrogen-bond acceptors (Lipinski definition) is 4. The molecule has 1 N–H and O–H groups in total. The van der Waals surface area contributed by atoms with Gasteiger partial charge in [0.2, 0.25) is 0 Å². The minimum absolute atomic E-state index is 0.744. The molecule has 4 nitrogen and oxygen atoms in total. The molecule has 152 valence electrons. The molecular weight excluding hydrogens is 336 g/mol. The maximum Gasteiger partial charge on any atom is 0.0700 e. The molecule has 0 heterocycles. The quantitative estimate of drug-likeness (QED) is 0.314. The fraction of sp³-hybridized carbons (Fsp3) is 0.522. The Hall–Kier alpha value is -1.91. The molecule has 0 radical (unpaired) electrons. The van der Waals surface area contributed by atoms with Gasteiger partial charge in [0.05, 0.1) is 13.2 Å². The fourth-order valence-corrected chi connectivity index (χ4v) is 2.36. The Morgan fingerprint density at radius 2 is 1.70 bits per heavy atom. The van der Waals surface area contributed by atoms with E-state index in [9.17, 15) is 0 Å². The highest BCUT2D eigenvalue weighted by molar-refractivity contribution is 6.02. The number of anilines is 1. The van der Waals surface area contributed by atoms with Crippen LogP contribution in [0.5, 0.6) is 0 Å². The van der Waals surface area contributed by atoms with Gasteiger partial charge >= 0.3 is 0 Å². The van der Waals surface area contributed by atoms with Gasteiger partial charge in [0.1, 0.15) is 0 Å². The molecule has 4 heteroatoms. The van der Waals surface area contributed by atoms with E-state index in [1.54, 1.807) is 7.05 Å². The molecular formula is C23H38N2O2. The molecule has 0 fully saturated rings. The second-order valence-corrected chi connectivity index (χ2v) is 6.13. The van der Waals surface area contributed by atoms with Gasteiger partial charge in [0.25, 0.3) is 0 Å². The summed E-state index contributed by atoms with van der Waals surface area (Å²) in [4.78, 5) is 4.06. The Balaban J connectivity index is 0.000000580. The van der Waals surface area contributed by atoms with Crippen LogP contribution in [-0.2, 0) is 9.47 Å². The largest absolute Gasteiger partial charge is 0.388 e. The minimum Gasteiger partial charge on any atom is -0.388 e. The molecule has 1 aromatic carbocycles. The smallest absolute Gasteiger partial charge is 0.0700 e. The lowest BCUT2D eigenvalue weighted by molar-refractivity contribution is 0.0483. The van der Waals surface area contributed by atoms with Crippen molar-refractivity contribution in [2.75, 3.05) is 45.8 Å². The van der Waals surface area contributed by atoms with E-state index in [1.807, 2.05) is 26.3 Å². The molecule has 0 unspecified atom stereocenters. The van der Waals surface area contributed by atoms with Crippen LogP contribution in [0.2, 0.25) is 0 Å². The number of nitrogens with zero attached hydrogens (tertiary/aromatic N) is 1. The summed E-state index contributed by atoms with van der Waals surface area (Å²) in [5, 5.41) is 3.19. The van der Waals surface area contributed by atoms with E-state index >= 15 is 0 Å². The number of rotatable bonds is 11. The standard InChI is InChI=1S/C15H20N2.C8H18O2/c1-6-13(10-16-4)12(3)14-9-11(2)7-8-15(14)17-5;1-3-5-9-7-8-10-6-4-2/h6-10,17H,3H2,1-2,4-5H3;3-8H2,1-2H3/b13-6+,16-10?;. The number of ether oxygens (including phenoxy) is 2. The van der Waals surface area contributed by atoms with Crippen molar-refractivity contribution in [2.24, 2.45) is 4.99 Å². The van der Waals surface area contributed by atoms with Crippen molar-refractivity contribution in [1.82, 2.24) is 0 Å². The summed E-state index contributed by atoms with van der Waals surface area (Å²) in [6.45, 7) is 15.7. The monoisotopic (exact) mass is 374 g/mol. The van der Waals surface area contributed by atoms with Gasteiger partial charge in [-0.25, -0.2) is 0 Å². The number of nitrogens with one attached hydrogen (secondary N) is 1. The SMILES string of the molecule is C=C(/C(C=NC)=C/C)c1cc(C)ccc1NC.CCCOCCOCCC. The van der Waals surface area contributed by atoms with Gasteiger partial charge in [0, 0.05) is 44.8 Å². The second kappa shape index (κ2) is 16.3. The van der Waals surface area contributed by atoms with E-state index in [0.717, 1.165) is 61.7 Å². The normalized spacial score (nSPS) is 11.3. The topological polar surface area (TPSA) is 42.9 Å². The van der Waals surface area contributed by atoms with Gasteiger partial charge in [0.15, 0.2) is 0 Å². The first-order valence-corrected chi connectivity index (χ1v) is 9.77. The predicted octanol–water partition coefficient (Wildman–Crippen LogP) is 5.54. The van der Waals surface area contributed by atoms with Crippen LogP contribution in [0.4, 0.5) is 5.69 Å². The van der Waals surface area contributed by atoms with Crippen LogP contribution in [0.15, 0.2) is 41.4 Å². The van der Waals surface area contributed by atoms with Crippen molar-refractivity contribution < 1.29 is 9.47 Å². The number of aliphatic imine (C=N–C) groups is 1. The van der Waals surface area contributed by atoms with Crippen LogP contribution in [0, 0.1) is 6.92 Å². The highest BCUT2D eigenvalue weighted by atomic mass is 16.5. The first kappa shape index (κ1) is 25.1. The molecule has 0 aliphatic heterocycles. The molecule has 0 amide bonds. The lowest BCUT2D eigenvalue weighted by atomic mass is 9.96. The molecule has 0 saturated heterocycles. The van der Waals surface area contributed by atoms with Crippen molar-refractivity contribution in [2.45, 2.75) is 40.5 Å². The van der Waals surface area contributed by atoms with Crippen LogP contribution in [0.3, 0.4) is 0 Å². The van der Waals surface area contributed by atoms with Crippen LogP contribution in [0.1, 0.15) is 44.7 Å². The van der Waals surface area contributed by atoms with Gasteiger partial charge < -0.3 is 14.8 Å². The molecule has 0 bridgehead atoms. The molecule has 0 aliphatic rings. The van der Waals surface area contributed by atoms with Crippen molar-refractivity contribution in [1.29, 1.82) is 0 Å². The Kier molecular flexibility index (Phi) is 15.1. The summed E-state index contributed by atoms with van der Waals surface area (Å²) in [5.41, 5.74) is 5.48. The molecule has 0 atom stereocenters. The Morgan fingerprint density at radius 3 is 2.15 bits per heavy atom. The van der Waals surface area contributed by atoms with E-state index in [2.05, 4.69) is 55.9 Å². The zero-order valence-corrected chi connectivity index (χ0v) is 18.1. The number of benzene rings is 1. The molecule has 0 aromatic heterocycles. The fourth-order valence-electron chi connectivity index (χ4n) is 2.36. The summed E-state index contributed by atoms with van der Waals surface area (Å²) in [6, 6.07) is 6.30. The average molecular weight is 375 g/mol. The van der Waals surface area contributed by atoms with Crippen molar-refractivity contribution in [3.63, 3.8) is 0 Å². The van der Waals surface area contributed by atoms with Crippen molar-refractivity contribution >= 4 is 17.5 Å². The zero-order chi connectivity index (χ0) is 20.5. The predicted molar refractivity (Wildman–Crippen MR) is 120 cm³/mol. The Morgan fingerprint density at radius 1 is 1.11 bits per heavy atom. The maximum atomic E-state index is 5.20. The van der Waals surface area contributed by atoms with Gasteiger partial charge in [-0.3, -0.25) is 4.99 Å². The highest BCUT2D eigenvalue weighted by Gasteiger charge is 2.08. The third-order valence-corrected chi connectivity index (χ3v) is 3.77. The second-order valence-electron chi connectivity index (χ2n) is 6.13. The lowest BCUT2D eigenvalue weighted by Gasteiger charge is -2.13. The van der Waals surface area contributed by atoms with Crippen LogP contribution >= 0.6 is 0 Å². The zero-order valence-electron chi connectivity index (χ0n) is 18.1. The van der Waals surface area contributed by atoms with Gasteiger partial charge in [-0.1, -0.05) is 38.1 Å². The number of allylic oxidation sites excluding steroid dienone is 3. The van der Waals surface area contributed by atoms with E-state index in [4.69, 9.17) is 9.47 Å². The summed E-state index contributed by atoms with van der Waals surface area (Å²) < 4.78 is 10.4. The van der Waals surface area contributed by atoms with Crippen LogP contribution < -0.4 is 5.32 Å². The number of hydrogen-bond donors (Lipinski definition) is 1. The Labute approximate surface area is 166 Å². The summed E-state index contributed by atoms with van der Waals surface area (Å²) in [5.74, 6) is 0. The van der Waals surface area contributed by atoms with Crippen molar-refractivity contribution in [3.05, 3.63) is 47.6 Å². The van der Waals surface area contributed by atoms with E-state index in [1.165, 1.54) is 5.56 Å². The summed E-state index contributed by atoms with van der Waals surface area (Å²) in [7, 11) is 3.69. The lowest BCUT2D eigenvalue weighted by Crippen LogP contribution is -2.04. The average Bonchev–Trinajstić information content (AvgIpc) is 2.68. The third kappa shape index (κ3) is 10.7. The van der Waals surface area contributed by atoms with Gasteiger partial charge in [-0.05, 0) is 50.0 Å². The summed E-state index contributed by atoms with van der Waals surface area (Å²) >= 11 is 0. The molecule has 0 spiro atoms. The first-order valence-electron chi connectivity index (χ1n) is 9.77. The van der Waals surface area contributed by atoms with Gasteiger partial charge in [-0.15, -0.1) is 0 Å². The van der Waals surface area contributed by atoms with Gasteiger partial charge in [-0.2, -0.15) is 0 Å². The molecule has 0 saturated carbocycles. The Bertz CT molecular complexity index is 584. The maximum absolute atomic E-state index is 5.20. The van der Waals surface area contributed by atoms with Crippen molar-refractivity contribution in [3.8, 4) is 0 Å². The minimum atomic E-state index is 0.744. The molecule has 0 aliphatic carbocycles. The number of aryl methyl sites for hydroxylation is 1.